The maximum absolute atomic E-state index is 6.01. The Balaban J connectivity index is 1.51. The van der Waals surface area contributed by atoms with Gasteiger partial charge in [-0.3, -0.25) is 4.84 Å². The van der Waals surface area contributed by atoms with Crippen molar-refractivity contribution in [1.29, 1.82) is 0 Å². The third-order valence-electron chi connectivity index (χ3n) is 4.01. The lowest BCUT2D eigenvalue weighted by molar-refractivity contribution is -0.190. The van der Waals surface area contributed by atoms with Crippen LogP contribution in [-0.4, -0.2) is 49.1 Å². The minimum absolute atomic E-state index is 0.178. The largest absolute Gasteiger partial charge is 0.493 e. The fraction of sp³-hybridized carbons (Fsp3) is 0.500. The topological polar surface area (TPSA) is 108 Å². The first-order valence-corrected chi connectivity index (χ1v) is 8.97. The zero-order chi connectivity index (χ0) is 17.7. The molecule has 0 radical (unpaired) electrons. The van der Waals surface area contributed by atoms with Crippen LogP contribution < -0.4 is 16.2 Å². The van der Waals surface area contributed by atoms with Gasteiger partial charge in [-0.25, -0.2) is 4.99 Å². The van der Waals surface area contributed by atoms with Crippen LogP contribution in [0.5, 0.6) is 5.75 Å². The Kier molecular flexibility index (Phi) is 5.77. The Morgan fingerprint density at radius 2 is 2.04 bits per heavy atom. The van der Waals surface area contributed by atoms with E-state index in [-0.39, 0.29) is 11.9 Å². The van der Waals surface area contributed by atoms with Crippen LogP contribution >= 0.6 is 15.9 Å². The van der Waals surface area contributed by atoms with E-state index in [0.717, 1.165) is 10.2 Å². The van der Waals surface area contributed by atoms with Gasteiger partial charge in [0.2, 0.25) is 11.9 Å². The molecule has 25 heavy (non-hydrogen) atoms. The number of benzene rings is 1. The summed E-state index contributed by atoms with van der Waals surface area (Å²) in [5.41, 5.74) is 11.2. The second kappa shape index (κ2) is 8.03. The zero-order valence-corrected chi connectivity index (χ0v) is 15.4. The van der Waals surface area contributed by atoms with E-state index in [2.05, 4.69) is 25.9 Å². The van der Waals surface area contributed by atoms with Gasteiger partial charge < -0.3 is 20.9 Å². The molecule has 9 heteroatoms. The first kappa shape index (κ1) is 18.0. The molecule has 0 saturated carbocycles. The van der Waals surface area contributed by atoms with Gasteiger partial charge in [0.05, 0.1) is 26.4 Å². The van der Waals surface area contributed by atoms with Crippen molar-refractivity contribution < 1.29 is 14.3 Å². The molecule has 0 unspecified atom stereocenters. The van der Waals surface area contributed by atoms with Crippen molar-refractivity contribution >= 4 is 27.8 Å². The lowest BCUT2D eigenvalue weighted by atomic mass is 10.0. The van der Waals surface area contributed by atoms with Gasteiger partial charge in [0, 0.05) is 23.7 Å². The molecular formula is C16H22BrN5O3. The van der Waals surface area contributed by atoms with Crippen molar-refractivity contribution in [2.75, 3.05) is 26.4 Å². The average molecular weight is 412 g/mol. The van der Waals surface area contributed by atoms with E-state index in [1.807, 2.05) is 24.3 Å². The van der Waals surface area contributed by atoms with E-state index in [1.54, 1.807) is 5.06 Å². The van der Waals surface area contributed by atoms with Gasteiger partial charge in [-0.05, 0) is 18.2 Å². The van der Waals surface area contributed by atoms with Crippen LogP contribution in [0.25, 0.3) is 0 Å². The Labute approximate surface area is 154 Å². The van der Waals surface area contributed by atoms with Gasteiger partial charge in [-0.1, -0.05) is 22.0 Å². The monoisotopic (exact) mass is 411 g/mol. The number of aliphatic imine (C=N–C) groups is 2. The van der Waals surface area contributed by atoms with Crippen molar-refractivity contribution in [2.24, 2.45) is 21.5 Å². The molecule has 2 aliphatic rings. The number of nitrogens with zero attached hydrogens (tertiary/aromatic N) is 3. The summed E-state index contributed by atoms with van der Waals surface area (Å²) in [7, 11) is 0. The number of guanidine groups is 2. The van der Waals surface area contributed by atoms with Gasteiger partial charge in [-0.2, -0.15) is 10.1 Å². The highest BCUT2D eigenvalue weighted by Crippen LogP contribution is 2.31. The number of nitrogens with two attached hydrogens (primary N) is 2. The molecule has 0 amide bonds. The maximum Gasteiger partial charge on any atom is 0.226 e. The molecule has 0 aromatic heterocycles. The zero-order valence-electron chi connectivity index (χ0n) is 13.9. The van der Waals surface area contributed by atoms with E-state index in [0.29, 0.717) is 45.7 Å². The first-order chi connectivity index (χ1) is 12.1. The Hall–Kier alpha value is -1.84. The molecule has 4 N–H and O–H groups in total. The Bertz CT molecular complexity index is 661. The molecule has 136 valence electrons. The van der Waals surface area contributed by atoms with Crippen molar-refractivity contribution in [3.8, 4) is 5.75 Å². The molecule has 0 bridgehead atoms. The highest BCUT2D eigenvalue weighted by atomic mass is 79.9. The minimum Gasteiger partial charge on any atom is -0.493 e. The average Bonchev–Trinajstić information content (AvgIpc) is 2.57. The molecule has 1 aromatic rings. The van der Waals surface area contributed by atoms with E-state index < -0.39 is 5.66 Å². The predicted octanol–water partition coefficient (Wildman–Crippen LogP) is 1.60. The summed E-state index contributed by atoms with van der Waals surface area (Å²) in [6.45, 7) is 2.12. The molecule has 1 aromatic carbocycles. The molecule has 2 heterocycles. The summed E-state index contributed by atoms with van der Waals surface area (Å²) in [4.78, 5) is 14.4. The smallest absolute Gasteiger partial charge is 0.226 e. The van der Waals surface area contributed by atoms with Gasteiger partial charge in [0.1, 0.15) is 5.75 Å². The highest BCUT2D eigenvalue weighted by molar-refractivity contribution is 9.10. The molecule has 1 fully saturated rings. The number of halogens is 1. The van der Waals surface area contributed by atoms with Crippen LogP contribution in [0, 0.1) is 0 Å². The summed E-state index contributed by atoms with van der Waals surface area (Å²) < 4.78 is 12.1. The van der Waals surface area contributed by atoms with Crippen LogP contribution in [0.15, 0.2) is 38.7 Å². The quantitative estimate of drug-likeness (QED) is 0.688. The lowest BCUT2D eigenvalue weighted by Crippen LogP contribution is -2.59. The summed E-state index contributed by atoms with van der Waals surface area (Å²) >= 11 is 3.42. The van der Waals surface area contributed by atoms with Crippen LogP contribution in [0.3, 0.4) is 0 Å². The number of hydroxylamine groups is 2. The number of hydrogen-bond acceptors (Lipinski definition) is 8. The second-order valence-corrected chi connectivity index (χ2v) is 6.74. The standard InChI is InChI=1S/C16H22BrN5O3/c17-12-3-1-4-13(11-12)24-7-2-8-25-22-15(19)20-14(18)21-16(22)5-9-23-10-6-16/h1,3-4,11H,2,5-10H2,(H4,18,19,20,21). The highest BCUT2D eigenvalue weighted by Gasteiger charge is 2.43. The third-order valence-corrected chi connectivity index (χ3v) is 4.50. The van der Waals surface area contributed by atoms with Crippen LogP contribution in [-0.2, 0) is 9.57 Å². The minimum atomic E-state index is -0.626. The van der Waals surface area contributed by atoms with E-state index >= 15 is 0 Å². The molecular weight excluding hydrogens is 390 g/mol. The molecule has 0 atom stereocenters. The number of rotatable bonds is 6. The number of ether oxygens (including phenoxy) is 2. The van der Waals surface area contributed by atoms with Gasteiger partial charge >= 0.3 is 0 Å². The van der Waals surface area contributed by atoms with Crippen molar-refractivity contribution in [3.05, 3.63) is 28.7 Å². The second-order valence-electron chi connectivity index (χ2n) is 5.82. The molecule has 0 aliphatic carbocycles. The SMILES string of the molecule is NC1=NC2(CCOCC2)N(OCCCOc2cccc(Br)c2)C(N)=N1. The van der Waals surface area contributed by atoms with Crippen molar-refractivity contribution in [2.45, 2.75) is 24.9 Å². The van der Waals surface area contributed by atoms with Crippen LogP contribution in [0.1, 0.15) is 19.3 Å². The summed E-state index contributed by atoms with van der Waals surface area (Å²) in [5.74, 6) is 1.21. The van der Waals surface area contributed by atoms with E-state index in [9.17, 15) is 0 Å². The third kappa shape index (κ3) is 4.42. The fourth-order valence-electron chi connectivity index (χ4n) is 2.82. The number of hydrogen-bond donors (Lipinski definition) is 2. The van der Waals surface area contributed by atoms with Gasteiger partial charge in [0.15, 0.2) is 5.66 Å². The normalized spacial score (nSPS) is 19.5. The maximum atomic E-state index is 6.01. The van der Waals surface area contributed by atoms with Crippen LogP contribution in [0.2, 0.25) is 0 Å². The van der Waals surface area contributed by atoms with E-state index in [1.165, 1.54) is 0 Å². The Morgan fingerprint density at radius 1 is 1.24 bits per heavy atom. The summed E-state index contributed by atoms with van der Waals surface area (Å²) in [5, 5.41) is 1.57. The van der Waals surface area contributed by atoms with Crippen LogP contribution in [0.4, 0.5) is 0 Å². The molecule has 1 saturated heterocycles. The first-order valence-electron chi connectivity index (χ1n) is 8.18. The predicted molar refractivity (Wildman–Crippen MR) is 98.1 cm³/mol. The summed E-state index contributed by atoms with van der Waals surface area (Å²) in [6.07, 6.45) is 2.00. The van der Waals surface area contributed by atoms with Gasteiger partial charge in [0.25, 0.3) is 0 Å². The van der Waals surface area contributed by atoms with Crippen molar-refractivity contribution in [1.82, 2.24) is 5.06 Å². The fourth-order valence-corrected chi connectivity index (χ4v) is 3.20. The molecule has 1 spiro atoms. The van der Waals surface area contributed by atoms with E-state index in [4.69, 9.17) is 25.8 Å². The Morgan fingerprint density at radius 3 is 2.80 bits per heavy atom. The molecule has 2 aliphatic heterocycles. The summed E-state index contributed by atoms with van der Waals surface area (Å²) in [6, 6.07) is 7.71. The molecule has 3 rings (SSSR count). The van der Waals surface area contributed by atoms with Gasteiger partial charge in [-0.15, -0.1) is 0 Å². The molecule has 8 nitrogen and oxygen atoms in total. The van der Waals surface area contributed by atoms with Crippen molar-refractivity contribution in [3.63, 3.8) is 0 Å². The lowest BCUT2D eigenvalue weighted by Gasteiger charge is -2.43.